The Morgan fingerprint density at radius 3 is 2.53 bits per heavy atom. The summed E-state index contributed by atoms with van der Waals surface area (Å²) in [5, 5.41) is 14.7. The lowest BCUT2D eigenvalue weighted by molar-refractivity contribution is 0.0522. The number of fused-ring (bicyclic) bond motifs is 1. The molecule has 0 aliphatic carbocycles. The first kappa shape index (κ1) is 13.4. The van der Waals surface area contributed by atoms with Gasteiger partial charge in [0.1, 0.15) is 11.4 Å². The Balaban J connectivity index is 2.59. The zero-order chi connectivity index (χ0) is 14.4. The number of hydrogen-bond acceptors (Lipinski definition) is 4. The molecule has 0 saturated carbocycles. The summed E-state index contributed by atoms with van der Waals surface area (Å²) < 4.78 is 6.50. The van der Waals surface area contributed by atoms with Crippen LogP contribution in [0.25, 0.3) is 10.9 Å². The van der Waals surface area contributed by atoms with E-state index in [1.54, 1.807) is 39.8 Å². The van der Waals surface area contributed by atoms with Crippen LogP contribution in [0.15, 0.2) is 12.1 Å². The molecule has 1 aromatic heterocycles. The summed E-state index contributed by atoms with van der Waals surface area (Å²) in [6.07, 6.45) is -0.546. The Labute approximate surface area is 111 Å². The molecular formula is C14H18N2O3. The van der Waals surface area contributed by atoms with Gasteiger partial charge >= 0.3 is 6.09 Å². The number of carbonyl (C=O) groups is 1. The SMILES string of the molecule is Cc1cc(O)c2c(C)nn(C(=O)OC(C)(C)C)c2c1. The molecule has 1 aromatic carbocycles. The van der Waals surface area contributed by atoms with E-state index in [1.807, 2.05) is 6.92 Å². The molecule has 0 atom stereocenters. The van der Waals surface area contributed by atoms with E-state index in [1.165, 1.54) is 4.68 Å². The number of phenolic OH excluding ortho intramolecular Hbond substituents is 1. The van der Waals surface area contributed by atoms with Gasteiger partial charge in [-0.3, -0.25) is 0 Å². The molecular weight excluding hydrogens is 244 g/mol. The molecule has 5 nitrogen and oxygen atoms in total. The van der Waals surface area contributed by atoms with Crippen LogP contribution in [0.2, 0.25) is 0 Å². The van der Waals surface area contributed by atoms with Crippen LogP contribution in [0, 0.1) is 13.8 Å². The molecule has 5 heteroatoms. The summed E-state index contributed by atoms with van der Waals surface area (Å²) in [5.74, 6) is 0.127. The van der Waals surface area contributed by atoms with Gasteiger partial charge in [0, 0.05) is 0 Å². The maximum Gasteiger partial charge on any atom is 0.435 e. The number of ether oxygens (including phenoxy) is 1. The molecule has 0 bridgehead atoms. The van der Waals surface area contributed by atoms with Crippen LogP contribution in [0.1, 0.15) is 32.0 Å². The molecule has 102 valence electrons. The molecule has 0 spiro atoms. The number of aryl methyl sites for hydroxylation is 2. The third kappa shape index (κ3) is 2.54. The molecule has 0 radical (unpaired) electrons. The topological polar surface area (TPSA) is 64.4 Å². The van der Waals surface area contributed by atoms with Gasteiger partial charge in [0.2, 0.25) is 0 Å². The van der Waals surface area contributed by atoms with Crippen molar-refractivity contribution in [3.05, 3.63) is 23.4 Å². The monoisotopic (exact) mass is 262 g/mol. The second-order valence-electron chi connectivity index (χ2n) is 5.66. The third-order valence-corrected chi connectivity index (χ3v) is 2.65. The normalized spacial score (nSPS) is 11.8. The lowest BCUT2D eigenvalue weighted by Gasteiger charge is -2.19. The molecule has 0 aliphatic rings. The Morgan fingerprint density at radius 1 is 1.32 bits per heavy atom. The number of benzene rings is 1. The molecule has 2 aromatic rings. The molecule has 0 aliphatic heterocycles. The first-order valence-electron chi connectivity index (χ1n) is 6.11. The molecule has 0 amide bonds. The van der Waals surface area contributed by atoms with E-state index in [0.29, 0.717) is 16.6 Å². The van der Waals surface area contributed by atoms with Gasteiger partial charge < -0.3 is 9.84 Å². The van der Waals surface area contributed by atoms with Crippen LogP contribution in [-0.4, -0.2) is 26.6 Å². The van der Waals surface area contributed by atoms with Crippen LogP contribution >= 0.6 is 0 Å². The third-order valence-electron chi connectivity index (χ3n) is 2.65. The van der Waals surface area contributed by atoms with Crippen molar-refractivity contribution in [3.8, 4) is 5.75 Å². The van der Waals surface area contributed by atoms with Crippen LogP contribution < -0.4 is 0 Å². The Kier molecular flexibility index (Phi) is 3.00. The highest BCUT2D eigenvalue weighted by molar-refractivity contribution is 5.94. The van der Waals surface area contributed by atoms with Gasteiger partial charge in [0.05, 0.1) is 16.6 Å². The van der Waals surface area contributed by atoms with E-state index in [0.717, 1.165) is 5.56 Å². The van der Waals surface area contributed by atoms with Crippen molar-refractivity contribution >= 4 is 17.0 Å². The van der Waals surface area contributed by atoms with Gasteiger partial charge in [0.25, 0.3) is 0 Å². The summed E-state index contributed by atoms with van der Waals surface area (Å²) in [4.78, 5) is 12.1. The van der Waals surface area contributed by atoms with E-state index in [2.05, 4.69) is 5.10 Å². The molecule has 1 N–H and O–H groups in total. The average molecular weight is 262 g/mol. The lowest BCUT2D eigenvalue weighted by Crippen LogP contribution is -2.27. The summed E-state index contributed by atoms with van der Waals surface area (Å²) in [7, 11) is 0. The van der Waals surface area contributed by atoms with Gasteiger partial charge in [-0.05, 0) is 52.3 Å². The second kappa shape index (κ2) is 4.26. The summed E-state index contributed by atoms with van der Waals surface area (Å²) >= 11 is 0. The molecule has 1 heterocycles. The van der Waals surface area contributed by atoms with Crippen LogP contribution in [-0.2, 0) is 4.74 Å². The van der Waals surface area contributed by atoms with Crippen molar-refractivity contribution in [1.29, 1.82) is 0 Å². The number of phenols is 1. The minimum Gasteiger partial charge on any atom is -0.507 e. The van der Waals surface area contributed by atoms with Gasteiger partial charge in [-0.1, -0.05) is 0 Å². The van der Waals surface area contributed by atoms with E-state index >= 15 is 0 Å². The highest BCUT2D eigenvalue weighted by atomic mass is 16.6. The van der Waals surface area contributed by atoms with Gasteiger partial charge in [-0.2, -0.15) is 9.78 Å². The number of hydrogen-bond donors (Lipinski definition) is 1. The van der Waals surface area contributed by atoms with Gasteiger partial charge in [0.15, 0.2) is 0 Å². The lowest BCUT2D eigenvalue weighted by atomic mass is 10.1. The summed E-state index contributed by atoms with van der Waals surface area (Å²) in [6, 6.07) is 3.45. The fourth-order valence-electron chi connectivity index (χ4n) is 1.98. The van der Waals surface area contributed by atoms with E-state index in [4.69, 9.17) is 4.74 Å². The first-order valence-corrected chi connectivity index (χ1v) is 6.11. The van der Waals surface area contributed by atoms with Crippen molar-refractivity contribution in [2.45, 2.75) is 40.2 Å². The van der Waals surface area contributed by atoms with Gasteiger partial charge in [-0.15, -0.1) is 0 Å². The maximum absolute atomic E-state index is 12.1. The molecule has 0 unspecified atom stereocenters. The highest BCUT2D eigenvalue weighted by Crippen LogP contribution is 2.29. The Bertz CT molecular complexity index is 651. The maximum atomic E-state index is 12.1. The largest absolute Gasteiger partial charge is 0.507 e. The summed E-state index contributed by atoms with van der Waals surface area (Å²) in [5.41, 5.74) is 1.42. The van der Waals surface area contributed by atoms with E-state index in [9.17, 15) is 9.90 Å². The van der Waals surface area contributed by atoms with E-state index < -0.39 is 11.7 Å². The molecule has 0 saturated heterocycles. The van der Waals surface area contributed by atoms with Crippen LogP contribution in [0.3, 0.4) is 0 Å². The Hall–Kier alpha value is -2.04. The first-order chi connectivity index (χ1) is 8.69. The van der Waals surface area contributed by atoms with Crippen molar-refractivity contribution < 1.29 is 14.6 Å². The minimum atomic E-state index is -0.588. The van der Waals surface area contributed by atoms with Crippen molar-refractivity contribution in [1.82, 2.24) is 9.78 Å². The minimum absolute atomic E-state index is 0.127. The average Bonchev–Trinajstić information content (AvgIpc) is 2.53. The Morgan fingerprint density at radius 2 is 1.95 bits per heavy atom. The summed E-state index contributed by atoms with van der Waals surface area (Å²) in [6.45, 7) is 8.99. The number of aromatic hydroxyl groups is 1. The highest BCUT2D eigenvalue weighted by Gasteiger charge is 2.22. The predicted octanol–water partition coefficient (Wildman–Crippen LogP) is 3.14. The zero-order valence-corrected chi connectivity index (χ0v) is 11.8. The van der Waals surface area contributed by atoms with Crippen molar-refractivity contribution in [2.24, 2.45) is 0 Å². The second-order valence-corrected chi connectivity index (χ2v) is 5.66. The fourth-order valence-corrected chi connectivity index (χ4v) is 1.98. The number of carbonyl (C=O) groups excluding carboxylic acids is 1. The number of nitrogens with zero attached hydrogens (tertiary/aromatic N) is 2. The predicted molar refractivity (Wildman–Crippen MR) is 72.5 cm³/mol. The zero-order valence-electron chi connectivity index (χ0n) is 11.8. The number of aromatic nitrogens is 2. The smallest absolute Gasteiger partial charge is 0.435 e. The van der Waals surface area contributed by atoms with Gasteiger partial charge in [-0.25, -0.2) is 4.79 Å². The standard InChI is InChI=1S/C14H18N2O3/c1-8-6-10-12(11(17)7-8)9(2)15-16(10)13(18)19-14(3,4)5/h6-7,17H,1-5H3. The molecule has 2 rings (SSSR count). The van der Waals surface area contributed by atoms with Crippen LogP contribution in [0.5, 0.6) is 5.75 Å². The van der Waals surface area contributed by atoms with Crippen molar-refractivity contribution in [2.75, 3.05) is 0 Å². The molecule has 19 heavy (non-hydrogen) atoms. The van der Waals surface area contributed by atoms with Crippen molar-refractivity contribution in [3.63, 3.8) is 0 Å². The molecule has 0 fully saturated rings. The quantitative estimate of drug-likeness (QED) is 0.792. The van der Waals surface area contributed by atoms with Crippen LogP contribution in [0.4, 0.5) is 4.79 Å². The fraction of sp³-hybridized carbons (Fsp3) is 0.429. The van der Waals surface area contributed by atoms with E-state index in [-0.39, 0.29) is 5.75 Å². The number of rotatable bonds is 0.